The lowest BCUT2D eigenvalue weighted by Gasteiger charge is -2.49. The van der Waals surface area contributed by atoms with Crippen LogP contribution in [0.3, 0.4) is 0 Å². The van der Waals surface area contributed by atoms with Gasteiger partial charge in [0, 0.05) is 50.8 Å². The van der Waals surface area contributed by atoms with Crippen LogP contribution in [-0.4, -0.2) is 46.8 Å². The monoisotopic (exact) mass is 476 g/mol. The minimum absolute atomic E-state index is 0.0236. The summed E-state index contributed by atoms with van der Waals surface area (Å²) in [6.07, 6.45) is 6.24. The second kappa shape index (κ2) is 10.7. The molecule has 0 saturated heterocycles. The van der Waals surface area contributed by atoms with Gasteiger partial charge in [0.25, 0.3) is 0 Å². The Hall–Kier alpha value is -3.40. The first-order valence-electron chi connectivity index (χ1n) is 11.0. The quantitative estimate of drug-likeness (QED) is 0.429. The molecule has 3 rings (SSSR count). The third-order valence-electron chi connectivity index (χ3n) is 6.42. The highest BCUT2D eigenvalue weighted by Gasteiger charge is 2.42. The molecule has 10 heteroatoms. The molecule has 1 amide bonds. The van der Waals surface area contributed by atoms with E-state index < -0.39 is 28.4 Å². The molecule has 0 unspecified atom stereocenters. The minimum atomic E-state index is -0.700. The Kier molecular flexibility index (Phi) is 7.93. The maximum Gasteiger partial charge on any atom is 0.232 e. The van der Waals surface area contributed by atoms with Gasteiger partial charge in [0.2, 0.25) is 11.8 Å². The number of benzene rings is 1. The Morgan fingerprint density at radius 3 is 2.71 bits per heavy atom. The fourth-order valence-corrected chi connectivity index (χ4v) is 4.15. The van der Waals surface area contributed by atoms with Gasteiger partial charge in [-0.3, -0.25) is 9.59 Å². The van der Waals surface area contributed by atoms with Gasteiger partial charge in [-0.15, -0.1) is 0 Å². The standard InChI is InChI=1S/C24H30F2N4O4/c1-16-22(32)23(33)19(21(27)12-28-11-17-4-5-18(25)10-20(17)26)13-29(16)14-24(6-3-7-24)30(15-31)8-9-34-2/h4-5,10,12-13,15,28,32H,3,6-9,11,14,27H2,1-2H3/b21-12-. The maximum atomic E-state index is 13.8. The Labute approximate surface area is 196 Å². The lowest BCUT2D eigenvalue weighted by atomic mass is 9.75. The van der Waals surface area contributed by atoms with Gasteiger partial charge in [0.15, 0.2) is 5.75 Å². The summed E-state index contributed by atoms with van der Waals surface area (Å²) >= 11 is 0. The van der Waals surface area contributed by atoms with E-state index in [2.05, 4.69) is 5.32 Å². The van der Waals surface area contributed by atoms with Gasteiger partial charge in [-0.2, -0.15) is 0 Å². The summed E-state index contributed by atoms with van der Waals surface area (Å²) in [6.45, 7) is 2.86. The first-order valence-corrected chi connectivity index (χ1v) is 11.0. The normalized spacial score (nSPS) is 15.0. The molecule has 4 N–H and O–H groups in total. The van der Waals surface area contributed by atoms with E-state index in [1.807, 2.05) is 0 Å². The van der Waals surface area contributed by atoms with Crippen molar-refractivity contribution in [3.8, 4) is 5.75 Å². The average Bonchev–Trinajstić information content (AvgIpc) is 2.78. The summed E-state index contributed by atoms with van der Waals surface area (Å²) in [5.41, 5.74) is 5.74. The Balaban J connectivity index is 1.85. The third-order valence-corrected chi connectivity index (χ3v) is 6.42. The largest absolute Gasteiger partial charge is 0.503 e. The summed E-state index contributed by atoms with van der Waals surface area (Å²) in [5.74, 6) is -1.80. The molecule has 0 atom stereocenters. The summed E-state index contributed by atoms with van der Waals surface area (Å²) in [4.78, 5) is 26.2. The average molecular weight is 477 g/mol. The van der Waals surface area contributed by atoms with E-state index in [1.54, 1.807) is 29.7 Å². The zero-order valence-corrected chi connectivity index (χ0v) is 19.3. The Bertz CT molecular complexity index is 1130. The number of nitrogens with two attached hydrogens (primary N) is 1. The fraction of sp³-hybridized carbons (Fsp3) is 0.417. The third kappa shape index (κ3) is 5.22. The van der Waals surface area contributed by atoms with Crippen LogP contribution in [0.2, 0.25) is 0 Å². The van der Waals surface area contributed by atoms with E-state index in [9.17, 15) is 23.5 Å². The highest BCUT2D eigenvalue weighted by atomic mass is 19.1. The van der Waals surface area contributed by atoms with E-state index in [1.165, 1.54) is 12.3 Å². The van der Waals surface area contributed by atoms with Gasteiger partial charge in [-0.05, 0) is 32.3 Å². The molecule has 1 aliphatic carbocycles. The number of nitrogens with zero attached hydrogens (tertiary/aromatic N) is 2. The number of rotatable bonds is 11. The molecule has 0 bridgehead atoms. The number of methoxy groups -OCH3 is 1. The molecule has 0 aliphatic heterocycles. The molecule has 1 fully saturated rings. The molecule has 1 aromatic heterocycles. The predicted molar refractivity (Wildman–Crippen MR) is 124 cm³/mol. The van der Waals surface area contributed by atoms with Crippen molar-refractivity contribution < 1.29 is 23.4 Å². The van der Waals surface area contributed by atoms with Crippen LogP contribution < -0.4 is 16.5 Å². The van der Waals surface area contributed by atoms with Crippen LogP contribution in [-0.2, 0) is 22.6 Å². The lowest BCUT2D eigenvalue weighted by molar-refractivity contribution is -0.130. The summed E-state index contributed by atoms with van der Waals surface area (Å²) in [5, 5.41) is 13.3. The zero-order valence-electron chi connectivity index (χ0n) is 19.3. The van der Waals surface area contributed by atoms with Crippen LogP contribution in [0, 0.1) is 18.6 Å². The van der Waals surface area contributed by atoms with Crippen LogP contribution in [0.1, 0.15) is 36.1 Å². The highest BCUT2D eigenvalue weighted by Crippen LogP contribution is 2.39. The van der Waals surface area contributed by atoms with E-state index in [-0.39, 0.29) is 23.4 Å². The molecule has 0 radical (unpaired) electrons. The van der Waals surface area contributed by atoms with Gasteiger partial charge in [0.05, 0.1) is 29.1 Å². The highest BCUT2D eigenvalue weighted by molar-refractivity contribution is 5.63. The first-order chi connectivity index (χ1) is 16.2. The van der Waals surface area contributed by atoms with Gasteiger partial charge < -0.3 is 30.4 Å². The predicted octanol–water partition coefficient (Wildman–Crippen LogP) is 2.21. The van der Waals surface area contributed by atoms with Crippen LogP contribution in [0.25, 0.3) is 5.70 Å². The van der Waals surface area contributed by atoms with Crippen molar-refractivity contribution in [2.45, 2.75) is 44.8 Å². The van der Waals surface area contributed by atoms with Crippen LogP contribution >= 0.6 is 0 Å². The first kappa shape index (κ1) is 25.2. The fourth-order valence-electron chi connectivity index (χ4n) is 4.15. The Morgan fingerprint density at radius 2 is 2.12 bits per heavy atom. The van der Waals surface area contributed by atoms with Crippen LogP contribution in [0.15, 0.2) is 35.4 Å². The molecule has 0 spiro atoms. The molecular formula is C24H30F2N4O4. The van der Waals surface area contributed by atoms with Crippen molar-refractivity contribution >= 4 is 12.1 Å². The minimum Gasteiger partial charge on any atom is -0.503 e. The molecule has 1 aromatic carbocycles. The lowest BCUT2D eigenvalue weighted by Crippen LogP contribution is -2.57. The molecule has 1 saturated carbocycles. The van der Waals surface area contributed by atoms with Crippen molar-refractivity contribution in [3.63, 3.8) is 0 Å². The second-order valence-electron chi connectivity index (χ2n) is 8.52. The molecule has 1 heterocycles. The van der Waals surface area contributed by atoms with E-state index in [4.69, 9.17) is 10.5 Å². The van der Waals surface area contributed by atoms with Gasteiger partial charge in [0.1, 0.15) is 11.6 Å². The van der Waals surface area contributed by atoms with Crippen molar-refractivity contribution in [1.82, 2.24) is 14.8 Å². The molecule has 1 aliphatic rings. The SMILES string of the molecule is COCCN(C=O)C1(Cn2cc(/C(N)=C/NCc3ccc(F)cc3F)c(=O)c(O)c2C)CCC1. The van der Waals surface area contributed by atoms with E-state index in [0.717, 1.165) is 37.8 Å². The van der Waals surface area contributed by atoms with Gasteiger partial charge >= 0.3 is 0 Å². The molecule has 2 aromatic rings. The smallest absolute Gasteiger partial charge is 0.232 e. The number of pyridine rings is 1. The number of ether oxygens (including phenoxy) is 1. The molecule has 8 nitrogen and oxygen atoms in total. The molecule has 184 valence electrons. The number of hydrogen-bond donors (Lipinski definition) is 3. The Morgan fingerprint density at radius 1 is 1.38 bits per heavy atom. The number of aromatic hydroxyl groups is 1. The number of amides is 1. The summed E-state index contributed by atoms with van der Waals surface area (Å²) in [7, 11) is 1.57. The number of aromatic nitrogens is 1. The topological polar surface area (TPSA) is 110 Å². The van der Waals surface area contributed by atoms with Crippen molar-refractivity contribution in [3.05, 3.63) is 69.3 Å². The number of nitrogens with one attached hydrogen (secondary N) is 1. The van der Waals surface area contributed by atoms with Crippen LogP contribution in [0.5, 0.6) is 5.75 Å². The number of carbonyl (C=O) groups is 1. The number of halogens is 2. The molecule has 34 heavy (non-hydrogen) atoms. The number of carbonyl (C=O) groups excluding carboxylic acids is 1. The van der Waals surface area contributed by atoms with Crippen LogP contribution in [0.4, 0.5) is 8.78 Å². The van der Waals surface area contributed by atoms with Gasteiger partial charge in [-0.1, -0.05) is 6.07 Å². The van der Waals surface area contributed by atoms with Gasteiger partial charge in [-0.25, -0.2) is 8.78 Å². The van der Waals surface area contributed by atoms with Crippen molar-refractivity contribution in [1.29, 1.82) is 0 Å². The second-order valence-corrected chi connectivity index (χ2v) is 8.52. The summed E-state index contributed by atoms with van der Waals surface area (Å²) in [6, 6.07) is 3.24. The zero-order chi connectivity index (χ0) is 24.9. The van der Waals surface area contributed by atoms with E-state index in [0.29, 0.717) is 25.4 Å². The van der Waals surface area contributed by atoms with Crippen molar-refractivity contribution in [2.75, 3.05) is 20.3 Å². The van der Waals surface area contributed by atoms with E-state index >= 15 is 0 Å². The van der Waals surface area contributed by atoms with Crippen molar-refractivity contribution in [2.24, 2.45) is 5.73 Å². The number of hydrogen-bond acceptors (Lipinski definition) is 6. The molecular weight excluding hydrogens is 446 g/mol. The summed E-state index contributed by atoms with van der Waals surface area (Å²) < 4.78 is 33.7. The maximum absolute atomic E-state index is 13.8.